The number of rotatable bonds is 2. The molecule has 1 amide bonds. The fourth-order valence-corrected chi connectivity index (χ4v) is 2.04. The van der Waals surface area contributed by atoms with Gasteiger partial charge >= 0.3 is 0 Å². The van der Waals surface area contributed by atoms with Crippen molar-refractivity contribution in [1.82, 2.24) is 10.2 Å². The summed E-state index contributed by atoms with van der Waals surface area (Å²) in [5, 5.41) is 11.7. The molecular formula is C13H13N3O2. The fraction of sp³-hybridized carbons (Fsp3) is 0.308. The minimum absolute atomic E-state index is 0.142. The third-order valence-corrected chi connectivity index (χ3v) is 2.97. The van der Waals surface area contributed by atoms with Gasteiger partial charge in [0.2, 0.25) is 0 Å². The molecule has 5 nitrogen and oxygen atoms in total. The number of nitrogens with zero attached hydrogens (tertiary/aromatic N) is 2. The van der Waals surface area contributed by atoms with Crippen LogP contribution in [0.25, 0.3) is 10.9 Å². The molecule has 1 N–H and O–H groups in total. The largest absolute Gasteiger partial charge is 0.368 e. The van der Waals surface area contributed by atoms with E-state index in [1.807, 2.05) is 30.3 Å². The van der Waals surface area contributed by atoms with Crippen LogP contribution < -0.4 is 5.32 Å². The number of hydrogen-bond donors (Lipinski definition) is 1. The van der Waals surface area contributed by atoms with Gasteiger partial charge in [0.05, 0.1) is 5.52 Å². The predicted octanol–water partition coefficient (Wildman–Crippen LogP) is 1.75. The van der Waals surface area contributed by atoms with Crippen LogP contribution in [0.4, 0.5) is 5.82 Å². The molecule has 1 aromatic heterocycles. The molecule has 18 heavy (non-hydrogen) atoms. The number of hydrogen-bond acceptors (Lipinski definition) is 4. The van der Waals surface area contributed by atoms with E-state index in [2.05, 4.69) is 15.5 Å². The van der Waals surface area contributed by atoms with Crippen molar-refractivity contribution >= 4 is 22.6 Å². The van der Waals surface area contributed by atoms with E-state index >= 15 is 0 Å². The standard InChI is InChI=1S/C13H13N3O2/c17-13(11-6-3-7-18-11)14-12-8-9-4-1-2-5-10(9)15-16-12/h1-2,4-5,8,11H,3,6-7H2,(H,14,16,17)/t11-/m1/s1. The first kappa shape index (κ1) is 11.1. The van der Waals surface area contributed by atoms with E-state index in [0.717, 1.165) is 23.7 Å². The number of aromatic nitrogens is 2. The van der Waals surface area contributed by atoms with Crippen LogP contribution in [0.2, 0.25) is 0 Å². The van der Waals surface area contributed by atoms with E-state index < -0.39 is 0 Å². The summed E-state index contributed by atoms with van der Waals surface area (Å²) in [7, 11) is 0. The van der Waals surface area contributed by atoms with E-state index in [4.69, 9.17) is 4.74 Å². The summed E-state index contributed by atoms with van der Waals surface area (Å²) in [5.74, 6) is 0.325. The van der Waals surface area contributed by atoms with Gasteiger partial charge in [0.1, 0.15) is 6.10 Å². The lowest BCUT2D eigenvalue weighted by Crippen LogP contribution is -2.27. The molecule has 0 spiro atoms. The van der Waals surface area contributed by atoms with Gasteiger partial charge in [-0.15, -0.1) is 10.2 Å². The highest BCUT2D eigenvalue weighted by Crippen LogP contribution is 2.16. The van der Waals surface area contributed by atoms with E-state index in [1.54, 1.807) is 0 Å². The van der Waals surface area contributed by atoms with Gasteiger partial charge in [-0.05, 0) is 25.0 Å². The predicted molar refractivity (Wildman–Crippen MR) is 67.1 cm³/mol. The van der Waals surface area contributed by atoms with Gasteiger partial charge in [-0.25, -0.2) is 0 Å². The van der Waals surface area contributed by atoms with Crippen LogP contribution in [0, 0.1) is 0 Å². The molecule has 0 radical (unpaired) electrons. The van der Waals surface area contributed by atoms with Gasteiger partial charge in [-0.1, -0.05) is 18.2 Å². The van der Waals surface area contributed by atoms with Gasteiger partial charge in [-0.3, -0.25) is 4.79 Å². The van der Waals surface area contributed by atoms with Crippen LogP contribution in [0.5, 0.6) is 0 Å². The van der Waals surface area contributed by atoms with Gasteiger partial charge in [0.15, 0.2) is 5.82 Å². The second-order valence-corrected chi connectivity index (χ2v) is 4.28. The molecule has 1 atom stereocenters. The number of anilines is 1. The van der Waals surface area contributed by atoms with Crippen molar-refractivity contribution in [3.8, 4) is 0 Å². The zero-order valence-electron chi connectivity index (χ0n) is 9.80. The molecule has 0 aliphatic carbocycles. The normalized spacial score (nSPS) is 19.0. The molecule has 5 heteroatoms. The Morgan fingerprint density at radius 1 is 1.33 bits per heavy atom. The third-order valence-electron chi connectivity index (χ3n) is 2.97. The molecular weight excluding hydrogens is 230 g/mol. The highest BCUT2D eigenvalue weighted by Gasteiger charge is 2.23. The highest BCUT2D eigenvalue weighted by molar-refractivity contribution is 5.94. The number of nitrogens with one attached hydrogen (secondary N) is 1. The zero-order chi connectivity index (χ0) is 12.4. The maximum atomic E-state index is 11.8. The SMILES string of the molecule is O=C(Nc1cc2ccccc2nn1)[C@H]1CCCO1. The number of fused-ring (bicyclic) bond motifs is 1. The van der Waals surface area contributed by atoms with Crippen molar-refractivity contribution in [2.24, 2.45) is 0 Å². The van der Waals surface area contributed by atoms with Gasteiger partial charge in [-0.2, -0.15) is 0 Å². The molecule has 0 unspecified atom stereocenters. The maximum Gasteiger partial charge on any atom is 0.254 e. The van der Waals surface area contributed by atoms with Crippen molar-refractivity contribution in [1.29, 1.82) is 0 Å². The average molecular weight is 243 g/mol. The minimum atomic E-state index is -0.349. The third kappa shape index (κ3) is 2.17. The lowest BCUT2D eigenvalue weighted by Gasteiger charge is -2.09. The minimum Gasteiger partial charge on any atom is -0.368 e. The first-order valence-corrected chi connectivity index (χ1v) is 5.98. The molecule has 3 rings (SSSR count). The highest BCUT2D eigenvalue weighted by atomic mass is 16.5. The number of ether oxygens (including phenoxy) is 1. The summed E-state index contributed by atoms with van der Waals surface area (Å²) in [6.07, 6.45) is 1.35. The number of carbonyl (C=O) groups is 1. The maximum absolute atomic E-state index is 11.8. The van der Waals surface area contributed by atoms with Crippen LogP contribution in [0.1, 0.15) is 12.8 Å². The van der Waals surface area contributed by atoms with Crippen molar-refractivity contribution in [2.75, 3.05) is 11.9 Å². The second kappa shape index (κ2) is 4.70. The van der Waals surface area contributed by atoms with Crippen molar-refractivity contribution in [2.45, 2.75) is 18.9 Å². The number of benzene rings is 1. The Bertz CT molecular complexity index is 579. The van der Waals surface area contributed by atoms with Crippen LogP contribution in [-0.4, -0.2) is 28.8 Å². The van der Waals surface area contributed by atoms with Gasteiger partial charge in [0, 0.05) is 12.0 Å². The topological polar surface area (TPSA) is 64.1 Å². The summed E-state index contributed by atoms with van der Waals surface area (Å²) in [6.45, 7) is 0.654. The van der Waals surface area contributed by atoms with Crippen LogP contribution in [0.3, 0.4) is 0 Å². The Kier molecular flexibility index (Phi) is 2.90. The lowest BCUT2D eigenvalue weighted by molar-refractivity contribution is -0.124. The summed E-state index contributed by atoms with van der Waals surface area (Å²) in [6, 6.07) is 9.46. The molecule has 1 fully saturated rings. The molecule has 0 bridgehead atoms. The van der Waals surface area contributed by atoms with Crippen molar-refractivity contribution < 1.29 is 9.53 Å². The Balaban J connectivity index is 1.79. The molecule has 2 aromatic rings. The monoisotopic (exact) mass is 243 g/mol. The second-order valence-electron chi connectivity index (χ2n) is 4.28. The van der Waals surface area contributed by atoms with Gasteiger partial charge < -0.3 is 10.1 Å². The van der Waals surface area contributed by atoms with Crippen molar-refractivity contribution in [3.05, 3.63) is 30.3 Å². The molecule has 1 aromatic carbocycles. The van der Waals surface area contributed by atoms with E-state index in [0.29, 0.717) is 12.4 Å². The molecule has 92 valence electrons. The smallest absolute Gasteiger partial charge is 0.254 e. The first-order valence-electron chi connectivity index (χ1n) is 5.98. The molecule has 1 aliphatic heterocycles. The van der Waals surface area contributed by atoms with Gasteiger partial charge in [0.25, 0.3) is 5.91 Å². The van der Waals surface area contributed by atoms with E-state index in [-0.39, 0.29) is 12.0 Å². The van der Waals surface area contributed by atoms with E-state index in [1.165, 1.54) is 0 Å². The summed E-state index contributed by atoms with van der Waals surface area (Å²) >= 11 is 0. The lowest BCUT2D eigenvalue weighted by atomic mass is 10.2. The Morgan fingerprint density at radius 3 is 3.06 bits per heavy atom. The fourth-order valence-electron chi connectivity index (χ4n) is 2.04. The first-order chi connectivity index (χ1) is 8.83. The summed E-state index contributed by atoms with van der Waals surface area (Å²) in [4.78, 5) is 11.8. The Hall–Kier alpha value is -2.01. The van der Waals surface area contributed by atoms with Crippen LogP contribution in [-0.2, 0) is 9.53 Å². The number of amides is 1. The zero-order valence-corrected chi connectivity index (χ0v) is 9.80. The Labute approximate surface area is 104 Å². The number of carbonyl (C=O) groups excluding carboxylic acids is 1. The summed E-state index contributed by atoms with van der Waals surface area (Å²) < 4.78 is 5.31. The quantitative estimate of drug-likeness (QED) is 0.872. The average Bonchev–Trinajstić information content (AvgIpc) is 2.92. The van der Waals surface area contributed by atoms with Crippen molar-refractivity contribution in [3.63, 3.8) is 0 Å². The molecule has 1 saturated heterocycles. The molecule has 2 heterocycles. The van der Waals surface area contributed by atoms with Crippen LogP contribution >= 0.6 is 0 Å². The van der Waals surface area contributed by atoms with Crippen LogP contribution in [0.15, 0.2) is 30.3 Å². The van der Waals surface area contributed by atoms with E-state index in [9.17, 15) is 4.79 Å². The molecule has 0 saturated carbocycles. The molecule has 1 aliphatic rings. The summed E-state index contributed by atoms with van der Waals surface area (Å²) in [5.41, 5.74) is 0.813. The Morgan fingerprint density at radius 2 is 2.22 bits per heavy atom.